The summed E-state index contributed by atoms with van der Waals surface area (Å²) in [6.45, 7) is 0.702. The number of hydroxylamine groups is 1. The summed E-state index contributed by atoms with van der Waals surface area (Å²) in [4.78, 5) is 4.13. The van der Waals surface area contributed by atoms with Crippen molar-refractivity contribution < 1.29 is 39.0 Å². The van der Waals surface area contributed by atoms with Gasteiger partial charge in [-0.25, -0.2) is 0 Å². The van der Waals surface area contributed by atoms with Gasteiger partial charge in [0.15, 0.2) is 0 Å². The molecule has 0 saturated carbocycles. The molecule has 3 nitrogen and oxygen atoms in total. The number of benzene rings is 1. The second-order valence-corrected chi connectivity index (χ2v) is 2.80. The minimum Gasteiger partial charge on any atom is -1.00 e. The quantitative estimate of drug-likeness (QED) is 0.283. The van der Waals surface area contributed by atoms with Gasteiger partial charge in [0.05, 0.1) is 0 Å². The fourth-order valence-electron chi connectivity index (χ4n) is 1.40. The lowest BCUT2D eigenvalue weighted by atomic mass is 10.0. The molecular weight excluding hydrogens is 281 g/mol. The molecule has 70 valence electrons. The van der Waals surface area contributed by atoms with E-state index in [0.717, 1.165) is 12.0 Å². The first kappa shape index (κ1) is 10.5. The van der Waals surface area contributed by atoms with Gasteiger partial charge in [0.25, 0.3) is 0 Å². The topological polar surface area (TPSA) is 32.5 Å². The molecule has 13 heavy (non-hydrogen) atoms. The summed E-state index contributed by atoms with van der Waals surface area (Å²) >= 11 is 0. The molecule has 1 aliphatic rings. The highest BCUT2D eigenvalue weighted by molar-refractivity contribution is 5.78. The van der Waals surface area contributed by atoms with Gasteiger partial charge in [-0.1, -0.05) is 23.2 Å². The first-order chi connectivity index (χ1) is 5.90. The molecule has 0 radical (unpaired) electrons. The predicted molar refractivity (Wildman–Crippen MR) is 44.2 cm³/mol. The Balaban J connectivity index is 0.000000845. The number of rotatable bonds is 1. The van der Waals surface area contributed by atoms with Gasteiger partial charge in [-0.2, -0.15) is 0 Å². The van der Waals surface area contributed by atoms with Gasteiger partial charge >= 0.3 is 0 Å². The number of hydrogen-bond donors (Lipinski definition) is 1. The molecule has 1 aromatic rings. The highest BCUT2D eigenvalue weighted by atomic mass is 127. The molecule has 0 fully saturated rings. The van der Waals surface area contributed by atoms with Crippen molar-refractivity contribution in [3.8, 4) is 0 Å². The molecule has 1 aliphatic heterocycles. The minimum absolute atomic E-state index is 0. The Morgan fingerprint density at radius 3 is 2.85 bits per heavy atom. The minimum atomic E-state index is 0. The van der Waals surface area contributed by atoms with Crippen molar-refractivity contribution in [2.75, 3.05) is 6.54 Å². The molecule has 4 heteroatoms. The van der Waals surface area contributed by atoms with E-state index in [1.165, 1.54) is 10.3 Å². The van der Waals surface area contributed by atoms with Gasteiger partial charge < -0.3 is 24.0 Å². The van der Waals surface area contributed by atoms with Gasteiger partial charge in [0.2, 0.25) is 12.8 Å². The zero-order chi connectivity index (χ0) is 8.39. The van der Waals surface area contributed by atoms with Crippen LogP contribution in [0.4, 0.5) is 0 Å². The van der Waals surface area contributed by atoms with Crippen LogP contribution in [0.3, 0.4) is 0 Å². The maximum Gasteiger partial charge on any atom is 0.227 e. The Morgan fingerprint density at radius 1 is 1.31 bits per heavy atom. The predicted octanol–water partition coefficient (Wildman–Crippen LogP) is -1.92. The second-order valence-electron chi connectivity index (χ2n) is 2.80. The van der Waals surface area contributed by atoms with Gasteiger partial charge in [-0.15, -0.1) is 5.26 Å². The van der Waals surface area contributed by atoms with Crippen LogP contribution in [-0.2, 0) is 11.4 Å². The van der Waals surface area contributed by atoms with Crippen LogP contribution >= 0.6 is 0 Å². The lowest BCUT2D eigenvalue weighted by Crippen LogP contribution is -3.00. The van der Waals surface area contributed by atoms with Crippen molar-refractivity contribution in [1.82, 2.24) is 0 Å². The van der Waals surface area contributed by atoms with Crippen molar-refractivity contribution in [1.29, 1.82) is 0 Å². The summed E-state index contributed by atoms with van der Waals surface area (Å²) in [6, 6.07) is 8.07. The van der Waals surface area contributed by atoms with Gasteiger partial charge in [0.1, 0.15) is 0 Å². The molecule has 1 heterocycles. The summed E-state index contributed by atoms with van der Waals surface area (Å²) in [5.41, 5.74) is 2.41. The zero-order valence-corrected chi connectivity index (χ0v) is 9.14. The Bertz CT molecular complexity index is 325. The molecule has 0 saturated heterocycles. The van der Waals surface area contributed by atoms with E-state index in [0.29, 0.717) is 6.54 Å². The first-order valence-corrected chi connectivity index (χ1v) is 3.91. The van der Waals surface area contributed by atoms with Gasteiger partial charge in [-0.05, 0) is 11.6 Å². The number of fused-ring (bicyclic) bond motifs is 1. The van der Waals surface area contributed by atoms with E-state index in [1.807, 2.05) is 18.2 Å². The molecule has 1 N–H and O–H groups in total. The van der Waals surface area contributed by atoms with Crippen molar-refractivity contribution >= 4 is 6.21 Å². The van der Waals surface area contributed by atoms with E-state index in [9.17, 15) is 0 Å². The maximum atomic E-state index is 8.41. The average Bonchev–Trinajstić information content (AvgIpc) is 2.17. The molecule has 0 atom stereocenters. The number of halogens is 1. The molecule has 0 bridgehead atoms. The molecule has 0 amide bonds. The molecule has 0 unspecified atom stereocenters. The highest BCUT2D eigenvalue weighted by Gasteiger charge is 2.16. The van der Waals surface area contributed by atoms with E-state index in [2.05, 4.69) is 11.1 Å². The second kappa shape index (κ2) is 4.57. The zero-order valence-electron chi connectivity index (χ0n) is 6.98. The molecule has 0 aromatic heterocycles. The lowest BCUT2D eigenvalue weighted by Gasteiger charge is -2.06. The van der Waals surface area contributed by atoms with Crippen molar-refractivity contribution in [2.24, 2.45) is 0 Å². The van der Waals surface area contributed by atoms with E-state index in [1.54, 1.807) is 6.21 Å². The summed E-state index contributed by atoms with van der Waals surface area (Å²) in [5.74, 6) is 0. The van der Waals surface area contributed by atoms with E-state index in [4.69, 9.17) is 5.26 Å². The third-order valence-electron chi connectivity index (χ3n) is 2.04. The molecular formula is C9H10INO2. The van der Waals surface area contributed by atoms with E-state index in [-0.39, 0.29) is 24.0 Å². The molecule has 1 aromatic carbocycles. The summed E-state index contributed by atoms with van der Waals surface area (Å²) < 4.78 is 1.42. The molecule has 0 aliphatic carbocycles. The van der Waals surface area contributed by atoms with Crippen molar-refractivity contribution in [3.63, 3.8) is 0 Å². The van der Waals surface area contributed by atoms with Gasteiger partial charge in [0, 0.05) is 16.7 Å². The van der Waals surface area contributed by atoms with Crippen LogP contribution in [0.5, 0.6) is 0 Å². The monoisotopic (exact) mass is 291 g/mol. The summed E-state index contributed by atoms with van der Waals surface area (Å²) in [6.07, 6.45) is 2.70. The normalized spacial score (nSPS) is 13.8. The largest absolute Gasteiger partial charge is 1.00 e. The Kier molecular flexibility index (Phi) is 3.68. The maximum absolute atomic E-state index is 8.41. The highest BCUT2D eigenvalue weighted by Crippen LogP contribution is 2.10. The third kappa shape index (κ3) is 2.19. The number of hydrogen-bond acceptors (Lipinski definition) is 2. The van der Waals surface area contributed by atoms with Crippen LogP contribution in [0.1, 0.15) is 11.1 Å². The Hall–Kier alpha value is -0.620. The SMILES string of the molecule is OO[N+]1=Cc2ccccc2CC1.[I-]. The fraction of sp³-hybridized carbons (Fsp3) is 0.222. The first-order valence-electron chi connectivity index (χ1n) is 3.91. The fourth-order valence-corrected chi connectivity index (χ4v) is 1.40. The van der Waals surface area contributed by atoms with E-state index < -0.39 is 0 Å². The third-order valence-corrected chi connectivity index (χ3v) is 2.04. The van der Waals surface area contributed by atoms with E-state index >= 15 is 0 Å². The lowest BCUT2D eigenvalue weighted by molar-refractivity contribution is -0.867. The van der Waals surface area contributed by atoms with Crippen molar-refractivity contribution in [2.45, 2.75) is 6.42 Å². The summed E-state index contributed by atoms with van der Waals surface area (Å²) in [7, 11) is 0. The molecule has 2 rings (SSSR count). The Labute approximate surface area is 93.6 Å². The van der Waals surface area contributed by atoms with Crippen LogP contribution in [0.25, 0.3) is 0 Å². The van der Waals surface area contributed by atoms with Crippen LogP contribution in [0, 0.1) is 0 Å². The van der Waals surface area contributed by atoms with Gasteiger partial charge in [-0.3, -0.25) is 0 Å². The smallest absolute Gasteiger partial charge is 0.227 e. The Morgan fingerprint density at radius 2 is 2.08 bits per heavy atom. The standard InChI is InChI=1S/C9H9NO2.HI/c11-12-10-6-5-8-3-1-2-4-9(8)7-10;/h1-4,7H,5-6H2;1H. The average molecular weight is 291 g/mol. The van der Waals surface area contributed by atoms with Crippen LogP contribution in [0.2, 0.25) is 0 Å². The van der Waals surface area contributed by atoms with Crippen molar-refractivity contribution in [3.05, 3.63) is 35.4 Å². The van der Waals surface area contributed by atoms with Crippen LogP contribution < -0.4 is 24.0 Å². The molecule has 0 spiro atoms. The summed E-state index contributed by atoms with van der Waals surface area (Å²) in [5, 5.41) is 8.41. The van der Waals surface area contributed by atoms with Crippen LogP contribution in [0.15, 0.2) is 24.3 Å². The number of nitrogens with zero attached hydrogens (tertiary/aromatic N) is 1. The van der Waals surface area contributed by atoms with Crippen LogP contribution in [-0.4, -0.2) is 22.8 Å².